The molecule has 2 amide bonds. The maximum Gasteiger partial charge on any atom is 0.315 e. The number of carbonyl (C=O) groups is 4. The molecule has 0 aromatic rings. The Bertz CT molecular complexity index is 1440. The molecule has 50 heavy (non-hydrogen) atoms. The fourth-order valence-corrected chi connectivity index (χ4v) is 13.2. The average Bonchev–Trinajstić information content (AvgIpc) is 3.30. The molecule has 0 aromatic carbocycles. The number of Topliss-reactive ketones (excluding diaryl/α,β-unsaturated/α-hetero) is 1. The molecule has 0 spiro atoms. The van der Waals surface area contributed by atoms with Crippen LogP contribution in [0.4, 0.5) is 4.79 Å². The van der Waals surface area contributed by atoms with Gasteiger partial charge in [-0.25, -0.2) is 4.79 Å². The number of carboxylic acid groups (broad SMARTS) is 1. The molecule has 0 radical (unpaired) electrons. The zero-order valence-corrected chi connectivity index (χ0v) is 32.6. The number of amides is 2. The molecule has 5 saturated carbocycles. The highest BCUT2D eigenvalue weighted by molar-refractivity contribution is 5.92. The first-order valence-electron chi connectivity index (χ1n) is 20.0. The predicted octanol–water partition coefficient (Wildman–Crippen LogP) is 8.76. The maximum absolute atomic E-state index is 14.0. The fourth-order valence-electron chi connectivity index (χ4n) is 13.2. The number of esters is 1. The molecule has 3 N–H and O–H groups in total. The number of aliphatic carboxylic acids is 1. The van der Waals surface area contributed by atoms with Gasteiger partial charge in [-0.15, -0.1) is 0 Å². The smallest absolute Gasteiger partial charge is 0.315 e. The molecule has 6 aliphatic carbocycles. The van der Waals surface area contributed by atoms with E-state index >= 15 is 0 Å². The number of ether oxygens (including phenoxy) is 1. The van der Waals surface area contributed by atoms with Crippen LogP contribution in [-0.4, -0.2) is 46.5 Å². The van der Waals surface area contributed by atoms with Gasteiger partial charge >= 0.3 is 18.0 Å². The highest BCUT2D eigenvalue weighted by Crippen LogP contribution is 2.75. The molecular weight excluding hydrogens is 628 g/mol. The van der Waals surface area contributed by atoms with Gasteiger partial charge in [0, 0.05) is 23.8 Å². The molecule has 8 atom stereocenters. The monoisotopic (exact) mass is 694 g/mol. The summed E-state index contributed by atoms with van der Waals surface area (Å²) < 4.78 is 6.15. The van der Waals surface area contributed by atoms with Gasteiger partial charge in [-0.2, -0.15) is 0 Å². The maximum atomic E-state index is 14.0. The molecule has 0 bridgehead atoms. The summed E-state index contributed by atoms with van der Waals surface area (Å²) >= 11 is 0. The van der Waals surface area contributed by atoms with E-state index in [0.29, 0.717) is 18.3 Å². The van der Waals surface area contributed by atoms with Gasteiger partial charge in [0.15, 0.2) is 0 Å². The Morgan fingerprint density at radius 2 is 1.58 bits per heavy atom. The van der Waals surface area contributed by atoms with Crippen LogP contribution < -0.4 is 10.6 Å². The number of carboxylic acids is 1. The van der Waals surface area contributed by atoms with Crippen molar-refractivity contribution in [1.82, 2.24) is 10.6 Å². The van der Waals surface area contributed by atoms with Crippen molar-refractivity contribution in [3.8, 4) is 0 Å². The van der Waals surface area contributed by atoms with E-state index in [1.54, 1.807) is 13.8 Å². The standard InChI is InChI=1S/C42H66N2O6/c1-25(2)33-28(45)23-42(44-36(49)43-26-13-11-10-12-14-26)22-21-40(8)27(34(33)42)15-16-30-39(7)19-18-31(50-32(46)24-37(3,4)35(47)48)38(5,6)29(39)17-20-41(30,40)9/h25-26,29-31,33H,10-24H2,1-9H3,(H,47,48)(H2,43,44,49)/t29?,30?,31-,33?,39-,40+,41+,42+/m0/s1. The van der Waals surface area contributed by atoms with Crippen LogP contribution in [0.5, 0.6) is 0 Å². The van der Waals surface area contributed by atoms with Crippen molar-refractivity contribution in [3.05, 3.63) is 11.1 Å². The Morgan fingerprint density at radius 1 is 0.900 bits per heavy atom. The lowest BCUT2D eigenvalue weighted by Crippen LogP contribution is -2.65. The largest absolute Gasteiger partial charge is 0.481 e. The summed E-state index contributed by atoms with van der Waals surface area (Å²) in [6.45, 7) is 19.6. The first-order valence-corrected chi connectivity index (χ1v) is 20.0. The van der Waals surface area contributed by atoms with E-state index in [-0.39, 0.29) is 63.9 Å². The van der Waals surface area contributed by atoms with Crippen molar-refractivity contribution in [1.29, 1.82) is 0 Å². The van der Waals surface area contributed by atoms with E-state index in [1.165, 1.54) is 17.6 Å². The van der Waals surface area contributed by atoms with Crippen LogP contribution in [0.15, 0.2) is 11.1 Å². The number of nitrogens with one attached hydrogen (secondary N) is 2. The molecule has 5 fully saturated rings. The fraction of sp³-hybridized carbons (Fsp3) is 0.857. The lowest BCUT2D eigenvalue weighted by atomic mass is 9.34. The summed E-state index contributed by atoms with van der Waals surface area (Å²) in [6.07, 6.45) is 13.3. The van der Waals surface area contributed by atoms with Gasteiger partial charge in [-0.1, -0.05) is 73.3 Å². The Labute approximate surface area is 301 Å². The van der Waals surface area contributed by atoms with E-state index < -0.39 is 22.9 Å². The third-order valence-corrected chi connectivity index (χ3v) is 16.0. The minimum absolute atomic E-state index is 0.0353. The molecule has 6 aliphatic rings. The van der Waals surface area contributed by atoms with Gasteiger partial charge < -0.3 is 20.5 Å². The highest BCUT2D eigenvalue weighted by Gasteiger charge is 2.69. The number of fused-ring (bicyclic) bond motifs is 6. The number of hydrogen-bond donors (Lipinski definition) is 3. The second-order valence-electron chi connectivity index (χ2n) is 19.9. The summed E-state index contributed by atoms with van der Waals surface area (Å²) in [6, 6.07) is 0.114. The van der Waals surface area contributed by atoms with Crippen LogP contribution >= 0.6 is 0 Å². The topological polar surface area (TPSA) is 122 Å². The number of ketones is 1. The minimum Gasteiger partial charge on any atom is -0.481 e. The SMILES string of the molecule is CC(C)C1C(=O)C[C@]2(NC(=O)NC3CCCCC3)CC[C@]3(C)C(=C12)CCC1[C@@]2(C)CC[C@H](OC(=O)CC(C)(C)C(=O)O)C(C)(C)C2CC[C@]13C. The normalized spacial score (nSPS) is 39.9. The first kappa shape index (κ1) is 37.4. The van der Waals surface area contributed by atoms with Gasteiger partial charge in [0.25, 0.3) is 0 Å². The zero-order valence-electron chi connectivity index (χ0n) is 32.6. The van der Waals surface area contributed by atoms with Crippen molar-refractivity contribution in [2.75, 3.05) is 0 Å². The third kappa shape index (κ3) is 5.76. The lowest BCUT2D eigenvalue weighted by Gasteiger charge is -2.70. The molecule has 0 saturated heterocycles. The van der Waals surface area contributed by atoms with E-state index in [9.17, 15) is 24.3 Å². The molecule has 280 valence electrons. The highest BCUT2D eigenvalue weighted by atomic mass is 16.5. The second kappa shape index (κ2) is 12.6. The zero-order chi connectivity index (χ0) is 36.7. The van der Waals surface area contributed by atoms with Crippen molar-refractivity contribution < 1.29 is 29.0 Å². The number of allylic oxidation sites excluding steroid dienone is 1. The van der Waals surface area contributed by atoms with Crippen molar-refractivity contribution in [3.63, 3.8) is 0 Å². The Hall–Kier alpha value is -2.38. The Kier molecular flexibility index (Phi) is 9.45. The Balaban J connectivity index is 1.29. The molecule has 0 aromatic heterocycles. The third-order valence-electron chi connectivity index (χ3n) is 16.0. The Morgan fingerprint density at radius 3 is 2.22 bits per heavy atom. The summed E-state index contributed by atoms with van der Waals surface area (Å²) in [5, 5.41) is 16.4. The second-order valence-corrected chi connectivity index (χ2v) is 19.9. The van der Waals surface area contributed by atoms with Crippen LogP contribution in [0.2, 0.25) is 0 Å². The van der Waals surface area contributed by atoms with Crippen molar-refractivity contribution >= 4 is 23.8 Å². The van der Waals surface area contributed by atoms with Gasteiger partial charge in [0.1, 0.15) is 11.9 Å². The van der Waals surface area contributed by atoms with E-state index in [1.807, 2.05) is 0 Å². The predicted molar refractivity (Wildman–Crippen MR) is 194 cm³/mol. The average molecular weight is 695 g/mol. The van der Waals surface area contributed by atoms with Gasteiger partial charge in [-0.3, -0.25) is 14.4 Å². The van der Waals surface area contributed by atoms with E-state index in [2.05, 4.69) is 59.1 Å². The van der Waals surface area contributed by atoms with Gasteiger partial charge in [0.05, 0.1) is 17.4 Å². The van der Waals surface area contributed by atoms with Crippen LogP contribution in [0, 0.1) is 50.7 Å². The molecule has 0 heterocycles. The van der Waals surface area contributed by atoms with Crippen molar-refractivity contribution in [2.24, 2.45) is 50.7 Å². The van der Waals surface area contributed by atoms with Crippen LogP contribution in [0.1, 0.15) is 159 Å². The molecular formula is C42H66N2O6. The molecule has 0 aliphatic heterocycles. The summed E-state index contributed by atoms with van der Waals surface area (Å²) in [4.78, 5) is 52.4. The van der Waals surface area contributed by atoms with Crippen LogP contribution in [-0.2, 0) is 19.1 Å². The van der Waals surface area contributed by atoms with E-state index in [4.69, 9.17) is 4.74 Å². The summed E-state index contributed by atoms with van der Waals surface area (Å²) in [7, 11) is 0. The lowest BCUT2D eigenvalue weighted by molar-refractivity contribution is -0.214. The molecule has 6 rings (SSSR count). The summed E-state index contributed by atoms with van der Waals surface area (Å²) in [5.41, 5.74) is 0.760. The number of carbonyl (C=O) groups excluding carboxylic acids is 3. The number of rotatable bonds is 7. The van der Waals surface area contributed by atoms with Crippen molar-refractivity contribution in [2.45, 2.75) is 176 Å². The molecule has 3 unspecified atom stereocenters. The van der Waals surface area contributed by atoms with Gasteiger partial charge in [0.2, 0.25) is 0 Å². The minimum atomic E-state index is -1.16. The quantitative estimate of drug-likeness (QED) is 0.181. The first-order chi connectivity index (χ1) is 23.2. The number of hydrogen-bond acceptors (Lipinski definition) is 5. The van der Waals surface area contributed by atoms with Crippen LogP contribution in [0.3, 0.4) is 0 Å². The van der Waals surface area contributed by atoms with Gasteiger partial charge in [-0.05, 0) is 118 Å². The van der Waals surface area contributed by atoms with Crippen LogP contribution in [0.25, 0.3) is 0 Å². The van der Waals surface area contributed by atoms with E-state index in [0.717, 1.165) is 77.0 Å². The summed E-state index contributed by atoms with van der Waals surface area (Å²) in [5.74, 6) is -0.244. The molecule has 8 heteroatoms. The number of urea groups is 1. The molecule has 8 nitrogen and oxygen atoms in total.